The largest absolute Gasteiger partial charge is 0.354 e. The Labute approximate surface area is 474 Å². The van der Waals surface area contributed by atoms with Crippen molar-refractivity contribution in [3.05, 3.63) is 161 Å². The van der Waals surface area contributed by atoms with Crippen LogP contribution in [0.5, 0.6) is 0 Å². The van der Waals surface area contributed by atoms with Crippen molar-refractivity contribution in [2.75, 3.05) is 0 Å². The highest BCUT2D eigenvalue weighted by atomic mass is 79.9. The van der Waals surface area contributed by atoms with Crippen LogP contribution in [0.1, 0.15) is 149 Å². The first-order valence-corrected chi connectivity index (χ1v) is 30.0. The molecule has 0 saturated heterocycles. The minimum absolute atomic E-state index is 0.0700. The number of aromatic amines is 2. The van der Waals surface area contributed by atoms with E-state index < -0.39 is 0 Å². The molecule has 20 bridgehead atoms. The number of aryl methyl sites for hydroxylation is 6. The highest BCUT2D eigenvalue weighted by Crippen LogP contribution is 2.56. The van der Waals surface area contributed by atoms with Crippen molar-refractivity contribution in [1.82, 2.24) is 19.9 Å². The first-order chi connectivity index (χ1) is 37.8. The molecule has 2 N–H and O–H groups in total. The molecular formula is C70H64Br2N4O2. The van der Waals surface area contributed by atoms with Gasteiger partial charge in [-0.3, -0.25) is 9.59 Å². The number of fused-ring (bicyclic) bond motifs is 1. The predicted octanol–water partition coefficient (Wildman–Crippen LogP) is 19.3. The van der Waals surface area contributed by atoms with Gasteiger partial charge in [0.25, 0.3) is 0 Å². The summed E-state index contributed by atoms with van der Waals surface area (Å²) in [4.78, 5) is 47.7. The lowest BCUT2D eigenvalue weighted by Gasteiger charge is -2.28. The molecule has 0 atom stereocenters. The van der Waals surface area contributed by atoms with Crippen LogP contribution >= 0.6 is 31.9 Å². The van der Waals surface area contributed by atoms with Gasteiger partial charge in [0, 0.05) is 33.3 Å². The number of carbonyl (C=O) groups excluding carboxylic acids is 2. The summed E-state index contributed by atoms with van der Waals surface area (Å²) in [6, 6.07) is 32.2. The van der Waals surface area contributed by atoms with Crippen LogP contribution in [0.2, 0.25) is 0 Å². The van der Waals surface area contributed by atoms with E-state index in [1.165, 1.54) is 111 Å². The quantitative estimate of drug-likeness (QED) is 0.172. The van der Waals surface area contributed by atoms with Gasteiger partial charge in [-0.2, -0.15) is 0 Å². The maximum atomic E-state index is 13.9. The van der Waals surface area contributed by atoms with E-state index in [4.69, 9.17) is 9.97 Å². The van der Waals surface area contributed by atoms with Crippen molar-refractivity contribution < 1.29 is 9.59 Å². The first kappa shape index (κ1) is 50.7. The third-order valence-corrected chi connectivity index (χ3v) is 19.9. The average molecular weight is 1150 g/mol. The van der Waals surface area contributed by atoms with E-state index in [-0.39, 0.29) is 11.6 Å². The zero-order valence-electron chi connectivity index (χ0n) is 46.0. The van der Waals surface area contributed by atoms with Gasteiger partial charge in [0.1, 0.15) is 0 Å². The smallest absolute Gasteiger partial charge is 0.197 e. The number of nitrogens with zero attached hydrogens (tertiary/aromatic N) is 2. The van der Waals surface area contributed by atoms with Crippen LogP contribution in [0, 0.1) is 13.8 Å². The molecule has 11 aliphatic heterocycles. The van der Waals surface area contributed by atoms with Gasteiger partial charge >= 0.3 is 0 Å². The number of benzene rings is 4. The zero-order valence-corrected chi connectivity index (χ0v) is 49.2. The molecule has 78 heavy (non-hydrogen) atoms. The van der Waals surface area contributed by atoms with Gasteiger partial charge in [-0.25, -0.2) is 9.97 Å². The fraction of sp³-hybridized carbons (Fsp3) is 0.286. The molecule has 21 rings (SSSR count). The Morgan fingerprint density at radius 2 is 0.885 bits per heavy atom. The molecule has 8 heteroatoms. The second kappa shape index (κ2) is 19.6. The molecule has 6 nitrogen and oxygen atoms in total. The monoisotopic (exact) mass is 1150 g/mol. The Kier molecular flexibility index (Phi) is 12.7. The molecule has 0 fully saturated rings. The lowest BCUT2D eigenvalue weighted by atomic mass is 9.75. The Balaban J connectivity index is 1.10. The number of nitrogens with one attached hydrogen (secondary N) is 2. The molecule has 14 aliphatic rings. The summed E-state index contributed by atoms with van der Waals surface area (Å²) < 4.78 is 0.849. The van der Waals surface area contributed by atoms with E-state index >= 15 is 0 Å². The van der Waals surface area contributed by atoms with Crippen LogP contribution in [0.15, 0.2) is 105 Å². The van der Waals surface area contributed by atoms with E-state index in [9.17, 15) is 9.59 Å². The maximum Gasteiger partial charge on any atom is 0.197 e. The molecule has 390 valence electrons. The third kappa shape index (κ3) is 7.66. The van der Waals surface area contributed by atoms with Crippen molar-refractivity contribution in [2.45, 2.75) is 132 Å². The molecule has 0 unspecified atom stereocenters. The fourth-order valence-corrected chi connectivity index (χ4v) is 15.3. The Hall–Kier alpha value is -6.74. The van der Waals surface area contributed by atoms with Crippen LogP contribution in [-0.2, 0) is 35.3 Å². The number of rotatable bonds is 4. The molecule has 0 radical (unpaired) electrons. The number of ketones is 2. The van der Waals surface area contributed by atoms with Crippen molar-refractivity contribution in [2.24, 2.45) is 0 Å². The number of carbonyl (C=O) groups is 2. The van der Waals surface area contributed by atoms with Crippen LogP contribution in [0.4, 0.5) is 0 Å². The summed E-state index contributed by atoms with van der Waals surface area (Å²) in [5, 5.41) is 0. The molecule has 14 heterocycles. The molecule has 0 amide bonds. The summed E-state index contributed by atoms with van der Waals surface area (Å²) in [5.74, 6) is -0.140. The van der Waals surface area contributed by atoms with Crippen LogP contribution < -0.4 is 0 Å². The number of hydrogen-bond donors (Lipinski definition) is 2. The molecule has 3 aliphatic carbocycles. The lowest BCUT2D eigenvalue weighted by Crippen LogP contribution is -2.20. The molecule has 4 aromatic carbocycles. The van der Waals surface area contributed by atoms with Gasteiger partial charge < -0.3 is 9.97 Å². The normalized spacial score (nSPS) is 16.0. The second-order valence-corrected chi connectivity index (χ2v) is 23.8. The van der Waals surface area contributed by atoms with Gasteiger partial charge in [-0.15, -0.1) is 0 Å². The number of H-pyrrole nitrogens is 2. The molecular weight excluding hydrogens is 1090 g/mol. The summed E-state index contributed by atoms with van der Waals surface area (Å²) in [6.45, 7) is 18.2. The highest BCUT2D eigenvalue weighted by molar-refractivity contribution is 9.12. The third-order valence-electron chi connectivity index (χ3n) is 18.2. The van der Waals surface area contributed by atoms with E-state index in [1.54, 1.807) is 0 Å². The van der Waals surface area contributed by atoms with Gasteiger partial charge in [0.15, 0.2) is 11.6 Å². The van der Waals surface area contributed by atoms with E-state index in [0.717, 1.165) is 120 Å². The second-order valence-electron chi connectivity index (χ2n) is 22.3. The van der Waals surface area contributed by atoms with Gasteiger partial charge in [-0.05, 0) is 260 Å². The Morgan fingerprint density at radius 3 is 1.38 bits per heavy atom. The highest BCUT2D eigenvalue weighted by Gasteiger charge is 2.35. The summed E-state index contributed by atoms with van der Waals surface area (Å²) in [7, 11) is 0. The number of hydrogen-bond acceptors (Lipinski definition) is 4. The standard InChI is InChI=1S/C70H64Br2N4O2/c1-9-41-35(5)65-61-49-25-18-24-47-53-31-39(28-30-48(53)59(47)49)19-13-15-21-51-63(71)70(78)52(64(72)69(51)77)22-16-14-20-40-27-29-45-46-23-17-26-50(60(46)54(45)32-40)62(67-37(7)43(11-3)57(75-67)33-55(41)73-65)68-38(8)44(12-4)58(76-68)34-56-42(10-2)36(6)66(61)74-56/h17-18,23-34,75-76H,9-16,19-22H2,1-8H3. The van der Waals surface area contributed by atoms with Crippen molar-refractivity contribution in [3.63, 3.8) is 0 Å². The van der Waals surface area contributed by atoms with Gasteiger partial charge in [0.05, 0.1) is 42.8 Å². The minimum Gasteiger partial charge on any atom is -0.354 e. The SMILES string of the molecule is CCC1=C(C)c2nc1cc1[nH]c(c(C)c1CC)c1c3[nH]c(cc4nc(c2-c2cccc5c2-c2ccc(cc2-5)CCCCC2=C(Br)C(=O)C(=C(Br)C2=O)CCCCc2ccc5c(c2)-c2c-5cccc2-1)C(C)=C4CC)c(CC)c3C. The summed E-state index contributed by atoms with van der Waals surface area (Å²) in [5.41, 5.74) is 36.8. The predicted molar refractivity (Wildman–Crippen MR) is 332 cm³/mol. The Bertz CT molecular complexity index is 4060. The van der Waals surface area contributed by atoms with E-state index in [0.29, 0.717) is 33.0 Å². The summed E-state index contributed by atoms with van der Waals surface area (Å²) >= 11 is 7.24. The molecule has 3 aromatic heterocycles. The number of Topliss-reactive ketones (excluding diaryl/α,β-unsaturated/α-hetero) is 2. The number of allylic oxidation sites excluding steroid dienone is 8. The molecule has 0 spiro atoms. The van der Waals surface area contributed by atoms with Crippen molar-refractivity contribution in [1.29, 1.82) is 0 Å². The summed E-state index contributed by atoms with van der Waals surface area (Å²) in [6.07, 6.45) is 9.61. The van der Waals surface area contributed by atoms with Gasteiger partial charge in [0.2, 0.25) is 0 Å². The number of aromatic nitrogens is 4. The lowest BCUT2D eigenvalue weighted by molar-refractivity contribution is -0.115. The van der Waals surface area contributed by atoms with Crippen LogP contribution in [0.25, 0.3) is 111 Å². The average Bonchev–Trinajstić information content (AvgIpc) is 4.15. The topological polar surface area (TPSA) is 91.5 Å². The van der Waals surface area contributed by atoms with Gasteiger partial charge in [-0.1, -0.05) is 100 Å². The first-order valence-electron chi connectivity index (χ1n) is 28.5. The number of halogens is 2. The minimum atomic E-state index is -0.0701. The maximum absolute atomic E-state index is 13.9. The molecule has 7 aromatic rings. The Morgan fingerprint density at radius 1 is 0.449 bits per heavy atom. The fourth-order valence-electron chi connectivity index (χ4n) is 14.1. The molecule has 0 saturated carbocycles. The van der Waals surface area contributed by atoms with E-state index in [1.807, 2.05) is 0 Å². The van der Waals surface area contributed by atoms with Crippen molar-refractivity contribution >= 4 is 87.8 Å². The zero-order chi connectivity index (χ0) is 54.0. The van der Waals surface area contributed by atoms with E-state index in [2.05, 4.69) is 182 Å². The van der Waals surface area contributed by atoms with Crippen molar-refractivity contribution in [3.8, 4) is 66.8 Å². The van der Waals surface area contributed by atoms with Crippen LogP contribution in [0.3, 0.4) is 0 Å². The van der Waals surface area contributed by atoms with Crippen LogP contribution in [-0.4, -0.2) is 31.5 Å².